The van der Waals surface area contributed by atoms with Crippen LogP contribution in [0.15, 0.2) is 42.5 Å². The molecule has 3 aromatic rings. The molecular formula is C20H21N5O. The molecule has 2 aromatic heterocycles. The molecule has 0 unspecified atom stereocenters. The molecule has 0 saturated heterocycles. The molecule has 1 aliphatic rings. The Labute approximate surface area is 152 Å². The van der Waals surface area contributed by atoms with Crippen molar-refractivity contribution in [2.75, 3.05) is 12.8 Å². The van der Waals surface area contributed by atoms with Gasteiger partial charge in [-0.3, -0.25) is 0 Å². The van der Waals surface area contributed by atoms with Gasteiger partial charge in [0, 0.05) is 41.9 Å². The number of hydrogen-bond donors (Lipinski definition) is 2. The number of anilines is 1. The topological polar surface area (TPSA) is 86.0 Å². The number of aryl methyl sites for hydroxylation is 1. The number of nitrogens with one attached hydrogen (secondary N) is 1. The minimum atomic E-state index is 0.139. The van der Waals surface area contributed by atoms with Crippen LogP contribution in [0.5, 0.6) is 5.88 Å². The van der Waals surface area contributed by atoms with Crippen molar-refractivity contribution in [3.05, 3.63) is 65.0 Å². The number of rotatable bonds is 3. The molecule has 6 nitrogen and oxygen atoms in total. The molecule has 0 aliphatic carbocycles. The lowest BCUT2D eigenvalue weighted by Gasteiger charge is -2.28. The van der Waals surface area contributed by atoms with Crippen LogP contribution in [0.4, 0.5) is 5.95 Å². The van der Waals surface area contributed by atoms with Gasteiger partial charge in [0.05, 0.1) is 18.5 Å². The summed E-state index contributed by atoms with van der Waals surface area (Å²) in [5, 5.41) is 3.61. The monoisotopic (exact) mass is 347 g/mol. The summed E-state index contributed by atoms with van der Waals surface area (Å²) in [6, 6.07) is 14.3. The maximum atomic E-state index is 5.85. The van der Waals surface area contributed by atoms with Crippen LogP contribution < -0.4 is 15.8 Å². The fourth-order valence-electron chi connectivity index (χ4n) is 3.50. The third kappa shape index (κ3) is 2.99. The second-order valence-electron chi connectivity index (χ2n) is 6.38. The van der Waals surface area contributed by atoms with Crippen molar-refractivity contribution in [2.45, 2.75) is 25.9 Å². The molecule has 0 bridgehead atoms. The molecule has 1 aromatic carbocycles. The molecule has 6 heteroatoms. The predicted octanol–water partition coefficient (Wildman–Crippen LogP) is 2.82. The first-order valence-electron chi connectivity index (χ1n) is 8.61. The van der Waals surface area contributed by atoms with Crippen molar-refractivity contribution >= 4 is 5.95 Å². The normalized spacial score (nSPS) is 16.2. The molecule has 4 rings (SSSR count). The quantitative estimate of drug-likeness (QED) is 0.758. The Kier molecular flexibility index (Phi) is 4.26. The van der Waals surface area contributed by atoms with Gasteiger partial charge in [-0.15, -0.1) is 0 Å². The minimum Gasteiger partial charge on any atom is -0.481 e. The molecule has 1 atom stereocenters. The summed E-state index contributed by atoms with van der Waals surface area (Å²) < 4.78 is 5.28. The van der Waals surface area contributed by atoms with E-state index in [0.717, 1.165) is 41.2 Å². The largest absolute Gasteiger partial charge is 0.481 e. The Morgan fingerprint density at radius 3 is 2.77 bits per heavy atom. The lowest BCUT2D eigenvalue weighted by Crippen LogP contribution is -2.31. The van der Waals surface area contributed by atoms with E-state index in [2.05, 4.69) is 38.5 Å². The summed E-state index contributed by atoms with van der Waals surface area (Å²) in [6.45, 7) is 2.71. The maximum absolute atomic E-state index is 5.85. The van der Waals surface area contributed by atoms with Gasteiger partial charge in [0.15, 0.2) is 0 Å². The molecule has 132 valence electrons. The first-order valence-corrected chi connectivity index (χ1v) is 8.61. The molecule has 0 spiro atoms. The highest BCUT2D eigenvalue weighted by atomic mass is 16.5. The van der Waals surface area contributed by atoms with Gasteiger partial charge < -0.3 is 15.8 Å². The van der Waals surface area contributed by atoms with Crippen LogP contribution in [-0.4, -0.2) is 22.1 Å². The Morgan fingerprint density at radius 2 is 1.92 bits per heavy atom. The molecular weight excluding hydrogens is 326 g/mol. The fourth-order valence-corrected chi connectivity index (χ4v) is 3.50. The molecule has 0 fully saturated rings. The number of pyridine rings is 1. The number of nitrogens with two attached hydrogens (primary N) is 1. The summed E-state index contributed by atoms with van der Waals surface area (Å²) in [7, 11) is 1.63. The van der Waals surface area contributed by atoms with Crippen LogP contribution in [0.2, 0.25) is 0 Å². The number of aromatic nitrogens is 3. The number of methoxy groups -OCH3 is 1. The second-order valence-corrected chi connectivity index (χ2v) is 6.38. The van der Waals surface area contributed by atoms with Crippen molar-refractivity contribution < 1.29 is 4.74 Å². The van der Waals surface area contributed by atoms with Gasteiger partial charge in [-0.1, -0.05) is 30.3 Å². The fraction of sp³-hybridized carbons (Fsp3) is 0.250. The molecule has 1 aliphatic heterocycles. The smallest absolute Gasteiger partial charge is 0.220 e. The summed E-state index contributed by atoms with van der Waals surface area (Å²) in [6.07, 6.45) is 0.768. The first kappa shape index (κ1) is 16.5. The third-order valence-corrected chi connectivity index (χ3v) is 4.78. The zero-order valence-corrected chi connectivity index (χ0v) is 14.9. The van der Waals surface area contributed by atoms with Crippen molar-refractivity contribution in [1.29, 1.82) is 0 Å². The Bertz CT molecular complexity index is 957. The van der Waals surface area contributed by atoms with Gasteiger partial charge >= 0.3 is 0 Å². The van der Waals surface area contributed by atoms with Gasteiger partial charge in [0.1, 0.15) is 0 Å². The van der Waals surface area contributed by atoms with Gasteiger partial charge in [-0.25, -0.2) is 15.0 Å². The van der Waals surface area contributed by atoms with Crippen LogP contribution in [0.25, 0.3) is 11.3 Å². The van der Waals surface area contributed by atoms with E-state index in [-0.39, 0.29) is 6.04 Å². The van der Waals surface area contributed by atoms with Crippen LogP contribution in [0.3, 0.4) is 0 Å². The van der Waals surface area contributed by atoms with E-state index >= 15 is 0 Å². The van der Waals surface area contributed by atoms with Crippen molar-refractivity contribution in [3.8, 4) is 17.1 Å². The van der Waals surface area contributed by atoms with E-state index in [0.29, 0.717) is 11.8 Å². The van der Waals surface area contributed by atoms with Gasteiger partial charge in [0.25, 0.3) is 0 Å². The summed E-state index contributed by atoms with van der Waals surface area (Å²) in [5.74, 6) is 0.944. The van der Waals surface area contributed by atoms with E-state index in [1.807, 2.05) is 31.2 Å². The second kappa shape index (κ2) is 6.72. The standard InChI is InChI=1S/C20H21N5O/c1-12-15-11-22-17(10-18(15)25-20(21)23-12)14-7-4-3-6-13(14)16-8-5-9-19(24-16)26-2/h3-9,17,22H,10-11H2,1-2H3,(H2,21,23,25)/t17-/m1/s1. The molecule has 0 amide bonds. The summed E-state index contributed by atoms with van der Waals surface area (Å²) >= 11 is 0. The van der Waals surface area contributed by atoms with Crippen molar-refractivity contribution in [3.63, 3.8) is 0 Å². The zero-order chi connectivity index (χ0) is 18.1. The Balaban J connectivity index is 1.73. The van der Waals surface area contributed by atoms with Gasteiger partial charge in [-0.2, -0.15) is 0 Å². The Hall–Kier alpha value is -2.99. The molecule has 3 N–H and O–H groups in total. The first-order chi connectivity index (χ1) is 12.7. The number of hydrogen-bond acceptors (Lipinski definition) is 6. The van der Waals surface area contributed by atoms with Crippen LogP contribution >= 0.6 is 0 Å². The number of ether oxygens (including phenoxy) is 1. The highest BCUT2D eigenvalue weighted by Crippen LogP contribution is 2.33. The van der Waals surface area contributed by atoms with Crippen LogP contribution in [0.1, 0.15) is 28.6 Å². The maximum Gasteiger partial charge on any atom is 0.220 e. The number of fused-ring (bicyclic) bond motifs is 1. The predicted molar refractivity (Wildman–Crippen MR) is 101 cm³/mol. The number of benzene rings is 1. The van der Waals surface area contributed by atoms with E-state index in [9.17, 15) is 0 Å². The SMILES string of the molecule is COc1cccc(-c2ccccc2[C@H]2Cc3nc(N)nc(C)c3CN2)n1. The van der Waals surface area contributed by atoms with Crippen LogP contribution in [-0.2, 0) is 13.0 Å². The number of nitrogen functional groups attached to an aromatic ring is 1. The van der Waals surface area contributed by atoms with Gasteiger partial charge in [-0.05, 0) is 18.6 Å². The van der Waals surface area contributed by atoms with E-state index in [4.69, 9.17) is 10.5 Å². The molecule has 3 heterocycles. The summed E-state index contributed by atoms with van der Waals surface area (Å²) in [4.78, 5) is 13.3. The summed E-state index contributed by atoms with van der Waals surface area (Å²) in [5.41, 5.74) is 12.1. The highest BCUT2D eigenvalue weighted by Gasteiger charge is 2.25. The van der Waals surface area contributed by atoms with E-state index in [1.165, 1.54) is 5.56 Å². The molecule has 0 radical (unpaired) electrons. The minimum absolute atomic E-state index is 0.139. The lowest BCUT2D eigenvalue weighted by atomic mass is 9.90. The zero-order valence-electron chi connectivity index (χ0n) is 14.9. The highest BCUT2D eigenvalue weighted by molar-refractivity contribution is 5.65. The molecule has 26 heavy (non-hydrogen) atoms. The van der Waals surface area contributed by atoms with E-state index < -0.39 is 0 Å². The lowest BCUT2D eigenvalue weighted by molar-refractivity contribution is 0.398. The molecule has 0 saturated carbocycles. The van der Waals surface area contributed by atoms with E-state index in [1.54, 1.807) is 7.11 Å². The number of nitrogens with zero attached hydrogens (tertiary/aromatic N) is 3. The van der Waals surface area contributed by atoms with Crippen LogP contribution in [0, 0.1) is 6.92 Å². The van der Waals surface area contributed by atoms with Gasteiger partial charge in [0.2, 0.25) is 11.8 Å². The third-order valence-electron chi connectivity index (χ3n) is 4.78. The van der Waals surface area contributed by atoms with Crippen molar-refractivity contribution in [1.82, 2.24) is 20.3 Å². The average Bonchev–Trinajstić information content (AvgIpc) is 2.67. The Morgan fingerprint density at radius 1 is 1.08 bits per heavy atom. The van der Waals surface area contributed by atoms with Crippen molar-refractivity contribution in [2.24, 2.45) is 0 Å². The average molecular weight is 347 g/mol.